The number of nitrogens with one attached hydrogen (secondary N) is 2. The van der Waals surface area contributed by atoms with Gasteiger partial charge in [-0.2, -0.15) is 0 Å². The van der Waals surface area contributed by atoms with Crippen LogP contribution in [-0.2, 0) is 11.3 Å². The highest BCUT2D eigenvalue weighted by Gasteiger charge is 2.34. The van der Waals surface area contributed by atoms with E-state index in [1.165, 1.54) is 0 Å². The summed E-state index contributed by atoms with van der Waals surface area (Å²) in [5, 5.41) is 3.35. The Bertz CT molecular complexity index is 501. The lowest BCUT2D eigenvalue weighted by Crippen LogP contribution is -2.36. The fraction of sp³-hybridized carbons (Fsp3) is 0.733. The van der Waals surface area contributed by atoms with Crippen LogP contribution in [0.4, 0.5) is 0 Å². The lowest BCUT2D eigenvalue weighted by atomic mass is 10.1. The van der Waals surface area contributed by atoms with Crippen LogP contribution in [0.25, 0.3) is 0 Å². The van der Waals surface area contributed by atoms with Crippen molar-refractivity contribution in [3.8, 4) is 0 Å². The summed E-state index contributed by atoms with van der Waals surface area (Å²) in [6, 6.07) is 1.55. The summed E-state index contributed by atoms with van der Waals surface area (Å²) in [6.07, 6.45) is 2.24. The summed E-state index contributed by atoms with van der Waals surface area (Å²) in [4.78, 5) is 19.2. The molecule has 0 aromatic carbocycles. The van der Waals surface area contributed by atoms with E-state index in [-0.39, 0.29) is 17.2 Å². The zero-order valence-corrected chi connectivity index (χ0v) is 12.8. The zero-order chi connectivity index (χ0) is 14.8. The molecular formula is C15H25N3O2. The molecule has 1 saturated carbocycles. The normalized spacial score (nSPS) is 17.2. The maximum atomic E-state index is 11.8. The van der Waals surface area contributed by atoms with Gasteiger partial charge in [0, 0.05) is 24.8 Å². The van der Waals surface area contributed by atoms with E-state index >= 15 is 0 Å². The first-order valence-corrected chi connectivity index (χ1v) is 7.36. The van der Waals surface area contributed by atoms with Gasteiger partial charge in [0.05, 0.1) is 5.69 Å². The highest BCUT2D eigenvalue weighted by molar-refractivity contribution is 5.07. The number of rotatable bonds is 6. The minimum Gasteiger partial charge on any atom is -0.370 e. The van der Waals surface area contributed by atoms with Crippen LogP contribution >= 0.6 is 0 Å². The molecule has 0 aliphatic heterocycles. The van der Waals surface area contributed by atoms with Crippen molar-refractivity contribution in [1.82, 2.24) is 15.3 Å². The maximum Gasteiger partial charge on any atom is 0.251 e. The van der Waals surface area contributed by atoms with Crippen molar-refractivity contribution in [2.75, 3.05) is 6.61 Å². The van der Waals surface area contributed by atoms with E-state index in [9.17, 15) is 4.79 Å². The van der Waals surface area contributed by atoms with Crippen molar-refractivity contribution in [2.45, 2.75) is 58.7 Å². The number of ether oxygens (including phenoxy) is 1. The summed E-state index contributed by atoms with van der Waals surface area (Å²) < 4.78 is 5.75. The van der Waals surface area contributed by atoms with E-state index in [1.807, 2.05) is 6.92 Å². The Hall–Kier alpha value is -1.20. The van der Waals surface area contributed by atoms with Gasteiger partial charge in [0.2, 0.25) is 0 Å². The molecule has 1 aromatic rings. The second-order valence-electron chi connectivity index (χ2n) is 6.44. The quantitative estimate of drug-likeness (QED) is 0.837. The Labute approximate surface area is 120 Å². The second kappa shape index (κ2) is 6.06. The van der Waals surface area contributed by atoms with Crippen molar-refractivity contribution in [2.24, 2.45) is 5.92 Å². The van der Waals surface area contributed by atoms with Gasteiger partial charge in [0.1, 0.15) is 11.9 Å². The number of nitrogens with zero attached hydrogens (tertiary/aromatic N) is 1. The van der Waals surface area contributed by atoms with Crippen LogP contribution in [0.5, 0.6) is 0 Å². The Morgan fingerprint density at radius 3 is 2.75 bits per heavy atom. The first kappa shape index (κ1) is 15.2. The van der Waals surface area contributed by atoms with E-state index < -0.39 is 0 Å². The molecule has 2 rings (SSSR count). The molecule has 2 N–H and O–H groups in total. The number of aromatic nitrogens is 2. The van der Waals surface area contributed by atoms with E-state index in [2.05, 4.69) is 36.1 Å². The van der Waals surface area contributed by atoms with Gasteiger partial charge < -0.3 is 15.0 Å². The van der Waals surface area contributed by atoms with Crippen molar-refractivity contribution in [3.63, 3.8) is 0 Å². The van der Waals surface area contributed by atoms with E-state index in [4.69, 9.17) is 4.74 Å². The molecule has 1 aliphatic rings. The van der Waals surface area contributed by atoms with Crippen LogP contribution in [0.2, 0.25) is 0 Å². The standard InChI is InChI=1S/C15H25N3O2/c1-5-20-13(10-6-7-10)14-17-11(8-12(19)18-14)9-16-15(2,3)4/h8,10,13,16H,5-7,9H2,1-4H3,(H,17,18,19). The molecule has 112 valence electrons. The minimum atomic E-state index is -0.105. The third-order valence-electron chi connectivity index (χ3n) is 3.28. The van der Waals surface area contributed by atoms with Gasteiger partial charge in [-0.1, -0.05) is 0 Å². The minimum absolute atomic E-state index is 0.000257. The summed E-state index contributed by atoms with van der Waals surface area (Å²) in [5.74, 6) is 1.18. The van der Waals surface area contributed by atoms with Gasteiger partial charge in [-0.05, 0) is 46.5 Å². The number of hydrogen-bond donors (Lipinski definition) is 2. The molecule has 1 heterocycles. The molecule has 0 radical (unpaired) electrons. The van der Waals surface area contributed by atoms with Crippen molar-refractivity contribution in [1.29, 1.82) is 0 Å². The van der Waals surface area contributed by atoms with Crippen LogP contribution < -0.4 is 10.9 Å². The molecule has 1 aliphatic carbocycles. The molecule has 1 atom stereocenters. The molecular weight excluding hydrogens is 254 g/mol. The Kier molecular flexibility index (Phi) is 4.60. The van der Waals surface area contributed by atoms with Crippen LogP contribution in [0.15, 0.2) is 10.9 Å². The molecule has 5 nitrogen and oxygen atoms in total. The topological polar surface area (TPSA) is 67.0 Å². The maximum absolute atomic E-state index is 11.8. The first-order valence-electron chi connectivity index (χ1n) is 7.36. The third-order valence-corrected chi connectivity index (χ3v) is 3.28. The Morgan fingerprint density at radius 1 is 1.50 bits per heavy atom. The first-order chi connectivity index (χ1) is 9.39. The Balaban J connectivity index is 2.16. The van der Waals surface area contributed by atoms with Crippen LogP contribution in [0.1, 0.15) is 58.2 Å². The number of aromatic amines is 1. The largest absolute Gasteiger partial charge is 0.370 e. The van der Waals surface area contributed by atoms with Gasteiger partial charge in [-0.15, -0.1) is 0 Å². The summed E-state index contributed by atoms with van der Waals surface area (Å²) in [5.41, 5.74) is 0.662. The Morgan fingerprint density at radius 2 is 2.20 bits per heavy atom. The smallest absolute Gasteiger partial charge is 0.251 e. The lowest BCUT2D eigenvalue weighted by molar-refractivity contribution is 0.0396. The number of hydrogen-bond acceptors (Lipinski definition) is 4. The SMILES string of the molecule is CCOC(c1nc(CNC(C)(C)C)cc(=O)[nH]1)C1CC1. The fourth-order valence-electron chi connectivity index (χ4n) is 2.13. The van der Waals surface area contributed by atoms with Crippen LogP contribution in [0, 0.1) is 5.92 Å². The molecule has 5 heteroatoms. The second-order valence-corrected chi connectivity index (χ2v) is 6.44. The van der Waals surface area contributed by atoms with Crippen molar-refractivity contribution >= 4 is 0 Å². The predicted molar refractivity (Wildman–Crippen MR) is 78.5 cm³/mol. The van der Waals surface area contributed by atoms with E-state index in [1.54, 1.807) is 6.07 Å². The molecule has 0 spiro atoms. The highest BCUT2D eigenvalue weighted by Crippen LogP contribution is 2.41. The summed E-state index contributed by atoms with van der Waals surface area (Å²) in [6.45, 7) is 9.47. The third kappa shape index (κ3) is 4.42. The van der Waals surface area contributed by atoms with Gasteiger partial charge >= 0.3 is 0 Å². The van der Waals surface area contributed by atoms with Crippen molar-refractivity contribution < 1.29 is 4.74 Å². The molecule has 1 fully saturated rings. The summed E-state index contributed by atoms with van der Waals surface area (Å²) >= 11 is 0. The predicted octanol–water partition coefficient (Wildman–Crippen LogP) is 2.15. The van der Waals surface area contributed by atoms with Crippen LogP contribution in [0.3, 0.4) is 0 Å². The number of H-pyrrole nitrogens is 1. The van der Waals surface area contributed by atoms with Gasteiger partial charge in [-0.25, -0.2) is 4.98 Å². The van der Waals surface area contributed by atoms with Crippen molar-refractivity contribution in [3.05, 3.63) is 27.9 Å². The van der Waals surface area contributed by atoms with Gasteiger partial charge in [0.25, 0.3) is 5.56 Å². The molecule has 1 unspecified atom stereocenters. The molecule has 0 amide bonds. The molecule has 0 bridgehead atoms. The summed E-state index contributed by atoms with van der Waals surface area (Å²) in [7, 11) is 0. The average molecular weight is 279 g/mol. The zero-order valence-electron chi connectivity index (χ0n) is 12.8. The fourth-order valence-corrected chi connectivity index (χ4v) is 2.13. The average Bonchev–Trinajstić information content (AvgIpc) is 3.16. The monoisotopic (exact) mass is 279 g/mol. The van der Waals surface area contributed by atoms with E-state index in [0.29, 0.717) is 24.9 Å². The van der Waals surface area contributed by atoms with E-state index in [0.717, 1.165) is 18.5 Å². The molecule has 1 aromatic heterocycles. The van der Waals surface area contributed by atoms with Crippen LogP contribution in [-0.4, -0.2) is 22.1 Å². The van der Waals surface area contributed by atoms with Gasteiger partial charge in [-0.3, -0.25) is 4.79 Å². The van der Waals surface area contributed by atoms with Gasteiger partial charge in [0.15, 0.2) is 0 Å². The molecule has 20 heavy (non-hydrogen) atoms. The molecule has 0 saturated heterocycles. The lowest BCUT2D eigenvalue weighted by Gasteiger charge is -2.21. The highest BCUT2D eigenvalue weighted by atomic mass is 16.5.